The summed E-state index contributed by atoms with van der Waals surface area (Å²) in [5.41, 5.74) is 1.31. The van der Waals surface area contributed by atoms with Crippen LogP contribution in [-0.2, 0) is 12.0 Å². The molecule has 1 saturated carbocycles. The fourth-order valence-corrected chi connectivity index (χ4v) is 3.33. The Morgan fingerprint density at radius 3 is 2.68 bits per heavy atom. The molecule has 0 atom stereocenters. The molecule has 25 heavy (non-hydrogen) atoms. The Balaban J connectivity index is 1.47. The van der Waals surface area contributed by atoms with Crippen molar-refractivity contribution in [2.75, 3.05) is 20.1 Å². The number of guanidine groups is 1. The quantitative estimate of drug-likeness (QED) is 0.462. The summed E-state index contributed by atoms with van der Waals surface area (Å²) < 4.78 is 15.1. The van der Waals surface area contributed by atoms with Crippen LogP contribution in [-0.4, -0.2) is 35.9 Å². The molecule has 0 amide bonds. The zero-order chi connectivity index (χ0) is 17.5. The molecule has 0 saturated heterocycles. The van der Waals surface area contributed by atoms with Crippen LogP contribution < -0.4 is 10.6 Å². The van der Waals surface area contributed by atoms with E-state index in [1.807, 2.05) is 29.1 Å². The van der Waals surface area contributed by atoms with E-state index in [-0.39, 0.29) is 11.2 Å². The predicted octanol–water partition coefficient (Wildman–Crippen LogP) is 2.70. The van der Waals surface area contributed by atoms with Crippen LogP contribution in [0.3, 0.4) is 0 Å². The topological polar surface area (TPSA) is 54.2 Å². The van der Waals surface area contributed by atoms with Crippen LogP contribution in [0.25, 0.3) is 0 Å². The first-order chi connectivity index (χ1) is 12.2. The maximum Gasteiger partial charge on any atom is 0.191 e. The summed E-state index contributed by atoms with van der Waals surface area (Å²) in [7, 11) is 1.79. The highest BCUT2D eigenvalue weighted by Crippen LogP contribution is 2.43. The summed E-state index contributed by atoms with van der Waals surface area (Å²) in [5, 5.41) is 11.0. The lowest BCUT2D eigenvalue weighted by molar-refractivity contribution is 0.243. The molecule has 1 aromatic heterocycles. The van der Waals surface area contributed by atoms with E-state index in [1.54, 1.807) is 25.4 Å². The molecular formula is C19H26FN5. The first-order valence-electron chi connectivity index (χ1n) is 8.90. The molecule has 0 bridgehead atoms. The molecule has 3 rings (SSSR count). The van der Waals surface area contributed by atoms with Gasteiger partial charge in [-0.05, 0) is 43.0 Å². The second-order valence-electron chi connectivity index (χ2n) is 6.62. The van der Waals surface area contributed by atoms with E-state index in [0.717, 1.165) is 44.9 Å². The van der Waals surface area contributed by atoms with Gasteiger partial charge in [0, 0.05) is 44.5 Å². The summed E-state index contributed by atoms with van der Waals surface area (Å²) in [5.74, 6) is 0.634. The van der Waals surface area contributed by atoms with E-state index < -0.39 is 0 Å². The van der Waals surface area contributed by atoms with Crippen LogP contribution in [0.1, 0.15) is 31.2 Å². The molecular weight excluding hydrogens is 317 g/mol. The average Bonchev–Trinajstić information content (AvgIpc) is 3.10. The lowest BCUT2D eigenvalue weighted by Crippen LogP contribution is -2.49. The highest BCUT2D eigenvalue weighted by atomic mass is 19.1. The number of halogens is 1. The molecule has 1 fully saturated rings. The van der Waals surface area contributed by atoms with Crippen molar-refractivity contribution in [3.05, 3.63) is 54.1 Å². The van der Waals surface area contributed by atoms with Crippen LogP contribution >= 0.6 is 0 Å². The highest BCUT2D eigenvalue weighted by molar-refractivity contribution is 5.79. The van der Waals surface area contributed by atoms with E-state index in [2.05, 4.69) is 20.7 Å². The Kier molecular flexibility index (Phi) is 5.68. The van der Waals surface area contributed by atoms with E-state index in [1.165, 1.54) is 12.0 Å². The maximum absolute atomic E-state index is 13.2. The monoisotopic (exact) mass is 343 g/mol. The van der Waals surface area contributed by atoms with Gasteiger partial charge in [-0.2, -0.15) is 5.10 Å². The summed E-state index contributed by atoms with van der Waals surface area (Å²) in [6.07, 6.45) is 8.21. The molecule has 1 aliphatic rings. The number of aryl methyl sites for hydroxylation is 1. The van der Waals surface area contributed by atoms with Crippen molar-refractivity contribution < 1.29 is 4.39 Å². The van der Waals surface area contributed by atoms with E-state index in [0.29, 0.717) is 0 Å². The third kappa shape index (κ3) is 4.38. The van der Waals surface area contributed by atoms with Gasteiger partial charge in [0.05, 0.1) is 0 Å². The van der Waals surface area contributed by atoms with Crippen LogP contribution in [0, 0.1) is 5.82 Å². The summed E-state index contributed by atoms with van der Waals surface area (Å²) in [4.78, 5) is 4.30. The summed E-state index contributed by atoms with van der Waals surface area (Å²) in [6, 6.07) is 8.86. The third-order valence-corrected chi connectivity index (χ3v) is 5.00. The molecule has 2 aromatic rings. The molecule has 5 nitrogen and oxygen atoms in total. The lowest BCUT2D eigenvalue weighted by Gasteiger charge is -2.43. The van der Waals surface area contributed by atoms with Crippen molar-refractivity contribution in [1.29, 1.82) is 0 Å². The fraction of sp³-hybridized carbons (Fsp3) is 0.474. The Labute approximate surface area is 148 Å². The molecule has 1 aliphatic carbocycles. The molecule has 0 unspecified atom stereocenters. The van der Waals surface area contributed by atoms with Crippen molar-refractivity contribution in [3.8, 4) is 0 Å². The molecule has 2 N–H and O–H groups in total. The first kappa shape index (κ1) is 17.5. The van der Waals surface area contributed by atoms with Crippen molar-refractivity contribution in [2.24, 2.45) is 4.99 Å². The Bertz CT molecular complexity index is 674. The van der Waals surface area contributed by atoms with Gasteiger partial charge in [0.15, 0.2) is 5.96 Å². The van der Waals surface area contributed by atoms with Gasteiger partial charge < -0.3 is 10.6 Å². The van der Waals surface area contributed by atoms with Gasteiger partial charge in [-0.25, -0.2) is 4.39 Å². The number of nitrogens with zero attached hydrogens (tertiary/aromatic N) is 3. The minimum absolute atomic E-state index is 0.0976. The van der Waals surface area contributed by atoms with Crippen LogP contribution in [0.2, 0.25) is 0 Å². The van der Waals surface area contributed by atoms with Gasteiger partial charge in [0.25, 0.3) is 0 Å². The first-order valence-corrected chi connectivity index (χ1v) is 8.90. The predicted molar refractivity (Wildman–Crippen MR) is 98.1 cm³/mol. The lowest BCUT2D eigenvalue weighted by atomic mass is 9.64. The second-order valence-corrected chi connectivity index (χ2v) is 6.62. The standard InChI is InChI=1S/C19H26FN5/c1-21-18(22-11-3-13-25-14-4-12-24-25)23-15-19(9-2-10-19)16-5-7-17(20)8-6-16/h4-8,12,14H,2-3,9-11,13,15H2,1H3,(H2,21,22,23). The largest absolute Gasteiger partial charge is 0.356 e. The van der Waals surface area contributed by atoms with Crippen molar-refractivity contribution in [1.82, 2.24) is 20.4 Å². The average molecular weight is 343 g/mol. The summed E-state index contributed by atoms with van der Waals surface area (Å²) >= 11 is 0. The van der Waals surface area contributed by atoms with Gasteiger partial charge in [0.1, 0.15) is 5.82 Å². The number of hydrogen-bond donors (Lipinski definition) is 2. The maximum atomic E-state index is 13.2. The number of aliphatic imine (C=N–C) groups is 1. The Morgan fingerprint density at radius 2 is 2.08 bits per heavy atom. The molecule has 0 radical (unpaired) electrons. The summed E-state index contributed by atoms with van der Waals surface area (Å²) in [6.45, 7) is 2.54. The fourth-order valence-electron chi connectivity index (χ4n) is 3.33. The number of benzene rings is 1. The Morgan fingerprint density at radius 1 is 1.28 bits per heavy atom. The SMILES string of the molecule is CN=C(NCCCn1cccn1)NCC1(c2ccc(F)cc2)CCC1. The smallest absolute Gasteiger partial charge is 0.191 e. The van der Waals surface area contributed by atoms with Crippen molar-refractivity contribution in [3.63, 3.8) is 0 Å². The zero-order valence-electron chi connectivity index (χ0n) is 14.7. The van der Waals surface area contributed by atoms with Crippen LogP contribution in [0.15, 0.2) is 47.7 Å². The zero-order valence-corrected chi connectivity index (χ0v) is 14.7. The van der Waals surface area contributed by atoms with E-state index >= 15 is 0 Å². The molecule has 6 heteroatoms. The van der Waals surface area contributed by atoms with Gasteiger partial charge >= 0.3 is 0 Å². The molecule has 1 aromatic carbocycles. The van der Waals surface area contributed by atoms with E-state index in [9.17, 15) is 4.39 Å². The number of aromatic nitrogens is 2. The van der Waals surface area contributed by atoms with Crippen LogP contribution in [0.5, 0.6) is 0 Å². The van der Waals surface area contributed by atoms with Gasteiger partial charge in [0.2, 0.25) is 0 Å². The molecule has 134 valence electrons. The number of rotatable bonds is 7. The number of hydrogen-bond acceptors (Lipinski definition) is 2. The van der Waals surface area contributed by atoms with Crippen molar-refractivity contribution in [2.45, 2.75) is 37.6 Å². The minimum atomic E-state index is -0.180. The number of nitrogens with one attached hydrogen (secondary N) is 2. The minimum Gasteiger partial charge on any atom is -0.356 e. The van der Waals surface area contributed by atoms with Gasteiger partial charge in [-0.1, -0.05) is 18.6 Å². The molecule has 1 heterocycles. The normalized spacial score (nSPS) is 16.3. The third-order valence-electron chi connectivity index (χ3n) is 5.00. The van der Waals surface area contributed by atoms with Crippen LogP contribution in [0.4, 0.5) is 4.39 Å². The van der Waals surface area contributed by atoms with Gasteiger partial charge in [-0.15, -0.1) is 0 Å². The second kappa shape index (κ2) is 8.14. The molecule has 0 spiro atoms. The highest BCUT2D eigenvalue weighted by Gasteiger charge is 2.38. The van der Waals surface area contributed by atoms with Gasteiger partial charge in [-0.3, -0.25) is 9.67 Å². The van der Waals surface area contributed by atoms with E-state index in [4.69, 9.17) is 0 Å². The van der Waals surface area contributed by atoms with Crippen molar-refractivity contribution >= 4 is 5.96 Å². The molecule has 0 aliphatic heterocycles. The Hall–Kier alpha value is -2.37.